The lowest BCUT2D eigenvalue weighted by Gasteiger charge is -2.24. The van der Waals surface area contributed by atoms with Crippen LogP contribution in [0.3, 0.4) is 0 Å². The number of alkyl carbamates (subject to hydrolysis) is 1. The standard InChI is InChI=1S/C25H28N2O5.C14H26FNO3/c1-27-12-11-20(17-7-4-3-5-8-17)23(27)24(28)26-19-9-10-21-18(15-19)16-22(32-21)25(29)31-14-6-13-30-2;1-5-11(10-17)7-6-8-12(9-15)16-13(18)19-14(2,3)4/h3-5,7-10,15-16,20,23H,6,11-14H2,1-2H3,(H,26,28);10-12H,5-9H2,1-4H3,(H,16,18). The first kappa shape index (κ1) is 41.1. The maximum absolute atomic E-state index is 13.2. The zero-order valence-electron chi connectivity index (χ0n) is 30.7. The van der Waals surface area contributed by atoms with Crippen molar-refractivity contribution in [2.75, 3.05) is 45.9 Å². The fourth-order valence-electron chi connectivity index (χ4n) is 5.91. The SMILES string of the molecule is CCC(C=O)CCCC(CF)NC(=O)OC(C)(C)C.COCCCOC(=O)c1cc2cc(NC(=O)C3C(c4ccccc4)CCN3C)ccc2o1. The highest BCUT2D eigenvalue weighted by Crippen LogP contribution is 2.33. The van der Waals surface area contributed by atoms with E-state index in [9.17, 15) is 23.6 Å². The highest BCUT2D eigenvalue weighted by atomic mass is 19.1. The minimum absolute atomic E-state index is 0.0294. The van der Waals surface area contributed by atoms with Gasteiger partial charge in [-0.1, -0.05) is 43.7 Å². The number of hydrogen-bond acceptors (Lipinski definition) is 9. The zero-order valence-corrected chi connectivity index (χ0v) is 30.7. The molecular weight excluding hydrogens is 657 g/mol. The number of amides is 2. The van der Waals surface area contributed by atoms with Crippen LogP contribution in [0.25, 0.3) is 11.0 Å². The number of carbonyl (C=O) groups is 4. The largest absolute Gasteiger partial charge is 0.460 e. The summed E-state index contributed by atoms with van der Waals surface area (Å²) in [5, 5.41) is 6.28. The lowest BCUT2D eigenvalue weighted by atomic mass is 9.91. The summed E-state index contributed by atoms with van der Waals surface area (Å²) in [4.78, 5) is 49.6. The van der Waals surface area contributed by atoms with Crippen LogP contribution in [0.15, 0.2) is 59.0 Å². The van der Waals surface area contributed by atoms with E-state index in [1.165, 1.54) is 5.56 Å². The number of aldehydes is 1. The van der Waals surface area contributed by atoms with Crippen molar-refractivity contribution in [3.05, 3.63) is 65.9 Å². The number of likely N-dealkylation sites (tertiary alicyclic amines) is 1. The molecule has 1 fully saturated rings. The average molecular weight is 712 g/mol. The summed E-state index contributed by atoms with van der Waals surface area (Å²) >= 11 is 0. The van der Waals surface area contributed by atoms with Gasteiger partial charge in [-0.3, -0.25) is 9.69 Å². The van der Waals surface area contributed by atoms with Gasteiger partial charge in [0.05, 0.1) is 18.7 Å². The van der Waals surface area contributed by atoms with Gasteiger partial charge in [-0.05, 0) is 89.9 Å². The van der Waals surface area contributed by atoms with Crippen LogP contribution in [0.4, 0.5) is 14.9 Å². The van der Waals surface area contributed by atoms with Gasteiger partial charge < -0.3 is 34.1 Å². The molecule has 280 valence electrons. The molecule has 4 unspecified atom stereocenters. The maximum Gasteiger partial charge on any atom is 0.407 e. The number of rotatable bonds is 16. The molecule has 3 aromatic rings. The Hall–Kier alpha value is -4.29. The van der Waals surface area contributed by atoms with E-state index in [2.05, 4.69) is 27.7 Å². The molecule has 0 saturated carbocycles. The van der Waals surface area contributed by atoms with E-state index in [0.29, 0.717) is 37.1 Å². The van der Waals surface area contributed by atoms with Gasteiger partial charge in [0.15, 0.2) is 0 Å². The van der Waals surface area contributed by atoms with Gasteiger partial charge in [0.25, 0.3) is 0 Å². The third-order valence-corrected chi connectivity index (χ3v) is 8.61. The number of furan rings is 1. The quantitative estimate of drug-likeness (QED) is 0.0891. The van der Waals surface area contributed by atoms with Gasteiger partial charge in [-0.25, -0.2) is 14.0 Å². The molecule has 4 atom stereocenters. The first-order valence-electron chi connectivity index (χ1n) is 17.7. The van der Waals surface area contributed by atoms with Crippen molar-refractivity contribution in [3.8, 4) is 0 Å². The van der Waals surface area contributed by atoms with Crippen LogP contribution in [-0.2, 0) is 23.8 Å². The molecule has 2 heterocycles. The van der Waals surface area contributed by atoms with Crippen LogP contribution in [0, 0.1) is 5.92 Å². The lowest BCUT2D eigenvalue weighted by molar-refractivity contribution is -0.120. The first-order chi connectivity index (χ1) is 24.4. The number of methoxy groups -OCH3 is 1. The molecule has 12 heteroatoms. The molecule has 1 aliphatic rings. The molecule has 1 aliphatic heterocycles. The van der Waals surface area contributed by atoms with Crippen molar-refractivity contribution in [1.29, 1.82) is 0 Å². The van der Waals surface area contributed by atoms with Gasteiger partial charge in [0.1, 0.15) is 24.1 Å². The number of benzene rings is 2. The van der Waals surface area contributed by atoms with Crippen LogP contribution in [0.1, 0.15) is 88.3 Å². The van der Waals surface area contributed by atoms with E-state index < -0.39 is 30.4 Å². The third-order valence-electron chi connectivity index (χ3n) is 8.61. The highest BCUT2D eigenvalue weighted by molar-refractivity contribution is 5.98. The Bertz CT molecular complexity index is 1540. The summed E-state index contributed by atoms with van der Waals surface area (Å²) in [6, 6.07) is 16.4. The van der Waals surface area contributed by atoms with E-state index in [4.69, 9.17) is 18.6 Å². The van der Waals surface area contributed by atoms with Crippen molar-refractivity contribution >= 4 is 40.9 Å². The fraction of sp³-hybridized carbons (Fsp3) is 0.538. The number of hydrogen-bond donors (Lipinski definition) is 2. The van der Waals surface area contributed by atoms with Crippen molar-refractivity contribution < 1.29 is 42.2 Å². The van der Waals surface area contributed by atoms with Crippen molar-refractivity contribution in [2.45, 2.75) is 89.8 Å². The molecule has 2 aromatic carbocycles. The van der Waals surface area contributed by atoms with Crippen LogP contribution < -0.4 is 10.6 Å². The van der Waals surface area contributed by atoms with Crippen molar-refractivity contribution in [2.24, 2.45) is 5.92 Å². The minimum atomic E-state index is -0.628. The number of nitrogens with zero attached hydrogens (tertiary/aromatic N) is 1. The Morgan fingerprint density at radius 1 is 1.06 bits per heavy atom. The van der Waals surface area contributed by atoms with Crippen molar-refractivity contribution in [3.63, 3.8) is 0 Å². The van der Waals surface area contributed by atoms with Gasteiger partial charge in [0.2, 0.25) is 11.7 Å². The van der Waals surface area contributed by atoms with Crippen LogP contribution in [-0.4, -0.2) is 87.4 Å². The number of ether oxygens (including phenoxy) is 3. The van der Waals surface area contributed by atoms with Gasteiger partial charge >= 0.3 is 12.1 Å². The summed E-state index contributed by atoms with van der Waals surface area (Å²) in [5.74, 6) is -0.235. The van der Waals surface area contributed by atoms with Crippen molar-refractivity contribution in [1.82, 2.24) is 10.2 Å². The average Bonchev–Trinajstić information content (AvgIpc) is 3.71. The number of likely N-dealkylation sites (N-methyl/N-ethyl adjacent to an activating group) is 1. The number of anilines is 1. The molecule has 51 heavy (non-hydrogen) atoms. The molecule has 0 spiro atoms. The Labute approximate surface area is 300 Å². The Kier molecular flexibility index (Phi) is 16.6. The van der Waals surface area contributed by atoms with Gasteiger partial charge in [-0.15, -0.1) is 0 Å². The predicted molar refractivity (Wildman–Crippen MR) is 195 cm³/mol. The second-order valence-corrected chi connectivity index (χ2v) is 13.8. The molecule has 4 rings (SSSR count). The molecular formula is C39H54FN3O8. The van der Waals surface area contributed by atoms with Crippen LogP contribution in [0.2, 0.25) is 0 Å². The molecule has 2 amide bonds. The smallest absolute Gasteiger partial charge is 0.407 e. The number of fused-ring (bicyclic) bond motifs is 1. The van der Waals surface area contributed by atoms with E-state index in [0.717, 1.165) is 37.5 Å². The topological polar surface area (TPSA) is 136 Å². The molecule has 11 nitrogen and oxygen atoms in total. The second kappa shape index (κ2) is 20.5. The Balaban J connectivity index is 0.000000319. The summed E-state index contributed by atoms with van der Waals surface area (Å²) < 4.78 is 33.6. The van der Waals surface area contributed by atoms with E-state index in [1.54, 1.807) is 46.1 Å². The predicted octanol–water partition coefficient (Wildman–Crippen LogP) is 7.30. The van der Waals surface area contributed by atoms with Crippen LogP contribution in [0.5, 0.6) is 0 Å². The van der Waals surface area contributed by atoms with E-state index in [1.807, 2.05) is 38.2 Å². The second-order valence-electron chi connectivity index (χ2n) is 13.8. The summed E-state index contributed by atoms with van der Waals surface area (Å²) in [6.45, 7) is 8.25. The monoisotopic (exact) mass is 711 g/mol. The normalized spacial score (nSPS) is 17.2. The Morgan fingerprint density at radius 3 is 2.45 bits per heavy atom. The van der Waals surface area contributed by atoms with E-state index >= 15 is 0 Å². The molecule has 0 radical (unpaired) electrons. The summed E-state index contributed by atoms with van der Waals surface area (Å²) in [7, 11) is 3.58. The molecule has 0 bridgehead atoms. The number of esters is 1. The number of nitrogens with one attached hydrogen (secondary N) is 2. The van der Waals surface area contributed by atoms with Crippen LogP contribution >= 0.6 is 0 Å². The number of alkyl halides is 1. The highest BCUT2D eigenvalue weighted by Gasteiger charge is 2.38. The van der Waals surface area contributed by atoms with E-state index in [-0.39, 0.29) is 36.2 Å². The molecule has 1 saturated heterocycles. The van der Waals surface area contributed by atoms with Gasteiger partial charge in [0, 0.05) is 43.0 Å². The fourth-order valence-corrected chi connectivity index (χ4v) is 5.91. The maximum atomic E-state index is 13.2. The van der Waals surface area contributed by atoms with Gasteiger partial charge in [-0.2, -0.15) is 0 Å². The first-order valence-corrected chi connectivity index (χ1v) is 17.7. The lowest BCUT2D eigenvalue weighted by Crippen LogP contribution is -2.40. The summed E-state index contributed by atoms with van der Waals surface area (Å²) in [5.41, 5.74) is 1.81. The number of halogens is 1. The third kappa shape index (κ3) is 13.4. The molecule has 2 N–H and O–H groups in total. The molecule has 0 aliphatic carbocycles. The Morgan fingerprint density at radius 2 is 1.80 bits per heavy atom. The summed E-state index contributed by atoms with van der Waals surface area (Å²) in [6.07, 6.45) is 4.65. The minimum Gasteiger partial charge on any atom is -0.460 e. The molecule has 1 aromatic heterocycles. The number of carbonyl (C=O) groups excluding carboxylic acids is 4. The zero-order chi connectivity index (χ0) is 37.4.